The number of aryl methyl sites for hydroxylation is 2. The van der Waals surface area contributed by atoms with E-state index in [2.05, 4.69) is 37.6 Å². The van der Waals surface area contributed by atoms with Gasteiger partial charge in [-0.2, -0.15) is 5.10 Å². The second-order valence-electron chi connectivity index (χ2n) is 4.43. The van der Waals surface area contributed by atoms with E-state index in [1.54, 1.807) is 0 Å². The van der Waals surface area contributed by atoms with E-state index in [-0.39, 0.29) is 0 Å². The van der Waals surface area contributed by atoms with Gasteiger partial charge < -0.3 is 9.88 Å². The average molecular weight is 247 g/mol. The lowest BCUT2D eigenvalue weighted by molar-refractivity contribution is 0.547. The largest absolute Gasteiger partial charge is 0.338 e. The Labute approximate surface area is 108 Å². The van der Waals surface area contributed by atoms with Crippen LogP contribution in [0.4, 0.5) is 0 Å². The summed E-state index contributed by atoms with van der Waals surface area (Å²) < 4.78 is 4.12. The number of hydrogen-bond acceptors (Lipinski definition) is 3. The maximum absolute atomic E-state index is 4.31. The summed E-state index contributed by atoms with van der Waals surface area (Å²) in [5.74, 6) is 1.12. The van der Waals surface area contributed by atoms with E-state index >= 15 is 0 Å². The van der Waals surface area contributed by atoms with E-state index in [1.807, 2.05) is 25.6 Å². The minimum Gasteiger partial charge on any atom is -0.338 e. The van der Waals surface area contributed by atoms with Crippen molar-refractivity contribution in [3.8, 4) is 0 Å². The Bertz CT molecular complexity index is 471. The van der Waals surface area contributed by atoms with Gasteiger partial charge in [0.05, 0.1) is 5.69 Å². The predicted octanol–water partition coefficient (Wildman–Crippen LogP) is 1.36. The molecule has 0 saturated heterocycles. The molecule has 0 amide bonds. The van der Waals surface area contributed by atoms with Gasteiger partial charge in [-0.3, -0.25) is 4.68 Å². The molecule has 0 unspecified atom stereocenters. The van der Waals surface area contributed by atoms with Gasteiger partial charge >= 0.3 is 0 Å². The molecule has 0 radical (unpaired) electrons. The highest BCUT2D eigenvalue weighted by Gasteiger charge is 2.02. The van der Waals surface area contributed by atoms with Gasteiger partial charge in [-0.1, -0.05) is 6.92 Å². The third-order valence-electron chi connectivity index (χ3n) is 2.99. The molecule has 0 aliphatic carbocycles. The molecule has 0 bridgehead atoms. The van der Waals surface area contributed by atoms with E-state index in [0.717, 1.165) is 38.3 Å². The van der Waals surface area contributed by atoms with Gasteiger partial charge in [0.25, 0.3) is 0 Å². The van der Waals surface area contributed by atoms with Crippen molar-refractivity contribution >= 4 is 0 Å². The van der Waals surface area contributed by atoms with Crippen LogP contribution in [0.2, 0.25) is 0 Å². The topological polar surface area (TPSA) is 47.7 Å². The molecular formula is C13H21N5. The summed E-state index contributed by atoms with van der Waals surface area (Å²) in [6.07, 6.45) is 7.75. The number of aromatic nitrogens is 4. The predicted molar refractivity (Wildman–Crippen MR) is 71.1 cm³/mol. The molecule has 5 nitrogen and oxygen atoms in total. The Hall–Kier alpha value is -1.62. The van der Waals surface area contributed by atoms with Gasteiger partial charge in [-0.15, -0.1) is 0 Å². The number of rotatable bonds is 7. The van der Waals surface area contributed by atoms with Crippen molar-refractivity contribution in [2.75, 3.05) is 6.54 Å². The van der Waals surface area contributed by atoms with Crippen molar-refractivity contribution < 1.29 is 0 Å². The summed E-state index contributed by atoms with van der Waals surface area (Å²) in [6, 6.07) is 2.07. The van der Waals surface area contributed by atoms with Crippen LogP contribution in [-0.2, 0) is 26.6 Å². The number of imidazole rings is 1. The van der Waals surface area contributed by atoms with Gasteiger partial charge in [-0.05, 0) is 12.5 Å². The first-order valence-corrected chi connectivity index (χ1v) is 6.49. The quantitative estimate of drug-likeness (QED) is 0.752. The highest BCUT2D eigenvalue weighted by atomic mass is 15.3. The van der Waals surface area contributed by atoms with E-state index in [1.165, 1.54) is 5.69 Å². The monoisotopic (exact) mass is 247 g/mol. The van der Waals surface area contributed by atoms with E-state index in [0.29, 0.717) is 0 Å². The maximum Gasteiger partial charge on any atom is 0.109 e. The molecular weight excluding hydrogens is 226 g/mol. The van der Waals surface area contributed by atoms with Crippen molar-refractivity contribution in [2.24, 2.45) is 7.05 Å². The van der Waals surface area contributed by atoms with Gasteiger partial charge in [0.15, 0.2) is 0 Å². The Kier molecular flexibility index (Phi) is 4.52. The average Bonchev–Trinajstić information content (AvgIpc) is 2.95. The minimum atomic E-state index is 0.865. The molecule has 0 atom stereocenters. The smallest absolute Gasteiger partial charge is 0.109 e. The molecule has 0 aliphatic rings. The molecule has 0 fully saturated rings. The molecule has 1 N–H and O–H groups in total. The Morgan fingerprint density at radius 2 is 2.22 bits per heavy atom. The third kappa shape index (κ3) is 3.20. The number of nitrogens with zero attached hydrogens (tertiary/aromatic N) is 4. The molecule has 5 heteroatoms. The maximum atomic E-state index is 4.31. The van der Waals surface area contributed by atoms with Crippen LogP contribution in [0.1, 0.15) is 24.9 Å². The van der Waals surface area contributed by atoms with E-state index in [4.69, 9.17) is 0 Å². The lowest BCUT2D eigenvalue weighted by Gasteiger charge is -2.07. The Morgan fingerprint density at radius 1 is 1.33 bits per heavy atom. The van der Waals surface area contributed by atoms with Gasteiger partial charge in [0.1, 0.15) is 5.82 Å². The summed E-state index contributed by atoms with van der Waals surface area (Å²) in [4.78, 5) is 4.30. The van der Waals surface area contributed by atoms with Gasteiger partial charge in [-0.25, -0.2) is 4.98 Å². The van der Waals surface area contributed by atoms with Crippen LogP contribution in [-0.4, -0.2) is 25.9 Å². The fourth-order valence-electron chi connectivity index (χ4n) is 1.98. The SMILES string of the molecule is CCCn1nccc1CNCCc1nccn1C. The number of hydrogen-bond donors (Lipinski definition) is 1. The van der Waals surface area contributed by atoms with Crippen LogP contribution in [0.25, 0.3) is 0 Å². The van der Waals surface area contributed by atoms with Crippen LogP contribution in [0, 0.1) is 0 Å². The van der Waals surface area contributed by atoms with Crippen LogP contribution in [0.5, 0.6) is 0 Å². The van der Waals surface area contributed by atoms with Crippen molar-refractivity contribution in [2.45, 2.75) is 32.9 Å². The summed E-state index contributed by atoms with van der Waals surface area (Å²) in [7, 11) is 2.03. The summed E-state index contributed by atoms with van der Waals surface area (Å²) >= 11 is 0. The van der Waals surface area contributed by atoms with E-state index < -0.39 is 0 Å². The molecule has 2 heterocycles. The summed E-state index contributed by atoms with van der Waals surface area (Å²) in [5, 5.41) is 7.75. The van der Waals surface area contributed by atoms with Crippen LogP contribution < -0.4 is 5.32 Å². The molecule has 0 saturated carbocycles. The van der Waals surface area contributed by atoms with Crippen LogP contribution in [0.3, 0.4) is 0 Å². The fourth-order valence-corrected chi connectivity index (χ4v) is 1.98. The number of nitrogens with one attached hydrogen (secondary N) is 1. The third-order valence-corrected chi connectivity index (χ3v) is 2.99. The van der Waals surface area contributed by atoms with Crippen LogP contribution in [0.15, 0.2) is 24.7 Å². The first-order chi connectivity index (χ1) is 8.81. The van der Waals surface area contributed by atoms with Gasteiger partial charge in [0.2, 0.25) is 0 Å². The summed E-state index contributed by atoms with van der Waals surface area (Å²) in [5.41, 5.74) is 1.25. The van der Waals surface area contributed by atoms with Crippen molar-refractivity contribution in [3.63, 3.8) is 0 Å². The molecule has 0 spiro atoms. The lowest BCUT2D eigenvalue weighted by Crippen LogP contribution is -2.20. The van der Waals surface area contributed by atoms with Crippen LogP contribution >= 0.6 is 0 Å². The minimum absolute atomic E-state index is 0.865. The summed E-state index contributed by atoms with van der Waals surface area (Å²) in [6.45, 7) is 4.95. The first-order valence-electron chi connectivity index (χ1n) is 6.49. The highest BCUT2D eigenvalue weighted by Crippen LogP contribution is 2.00. The highest BCUT2D eigenvalue weighted by molar-refractivity contribution is 5.00. The van der Waals surface area contributed by atoms with Crippen molar-refractivity contribution in [1.82, 2.24) is 24.6 Å². The molecule has 0 aliphatic heterocycles. The second-order valence-corrected chi connectivity index (χ2v) is 4.43. The molecule has 18 heavy (non-hydrogen) atoms. The second kappa shape index (κ2) is 6.35. The fraction of sp³-hybridized carbons (Fsp3) is 0.538. The Morgan fingerprint density at radius 3 is 2.94 bits per heavy atom. The zero-order chi connectivity index (χ0) is 12.8. The Balaban J connectivity index is 1.75. The molecule has 2 aromatic heterocycles. The molecule has 2 rings (SSSR count). The van der Waals surface area contributed by atoms with Gasteiger partial charge in [0, 0.05) is 51.7 Å². The zero-order valence-corrected chi connectivity index (χ0v) is 11.1. The van der Waals surface area contributed by atoms with E-state index in [9.17, 15) is 0 Å². The first kappa shape index (κ1) is 12.8. The van der Waals surface area contributed by atoms with Crippen molar-refractivity contribution in [1.29, 1.82) is 0 Å². The lowest BCUT2D eigenvalue weighted by atomic mass is 10.3. The standard InChI is InChI=1S/C13H21N5/c1-3-9-18-12(4-7-16-18)11-14-6-5-13-15-8-10-17(13)2/h4,7-8,10,14H,3,5-6,9,11H2,1-2H3. The zero-order valence-electron chi connectivity index (χ0n) is 11.1. The molecule has 0 aromatic carbocycles. The normalized spacial score (nSPS) is 11.0. The molecule has 98 valence electrons. The van der Waals surface area contributed by atoms with Crippen molar-refractivity contribution in [3.05, 3.63) is 36.2 Å². The molecule has 2 aromatic rings.